The van der Waals surface area contributed by atoms with Gasteiger partial charge in [-0.2, -0.15) is 4.31 Å². The molecule has 25 heavy (non-hydrogen) atoms. The Labute approximate surface area is 160 Å². The second-order valence-corrected chi connectivity index (χ2v) is 9.40. The van der Waals surface area contributed by atoms with Gasteiger partial charge in [-0.1, -0.05) is 32.4 Å². The molecule has 1 atom stereocenters. The number of nitrogens with two attached hydrogens (primary N) is 1. The average Bonchev–Trinajstić information content (AvgIpc) is 3.02. The molecule has 2 rings (SSSR count). The van der Waals surface area contributed by atoms with Crippen LogP contribution in [0.3, 0.4) is 0 Å². The quantitative estimate of drug-likeness (QED) is 0.799. The maximum absolute atomic E-state index is 12.7. The van der Waals surface area contributed by atoms with Gasteiger partial charge in [-0.3, -0.25) is 4.79 Å². The summed E-state index contributed by atoms with van der Waals surface area (Å²) in [6.45, 7) is 6.57. The van der Waals surface area contributed by atoms with Crippen LogP contribution in [-0.2, 0) is 14.8 Å². The van der Waals surface area contributed by atoms with E-state index >= 15 is 0 Å². The van der Waals surface area contributed by atoms with Crippen molar-refractivity contribution in [1.82, 2.24) is 4.31 Å². The number of hydrogen-bond donors (Lipinski definition) is 2. The van der Waals surface area contributed by atoms with E-state index in [2.05, 4.69) is 5.32 Å². The molecule has 0 spiro atoms. The lowest BCUT2D eigenvalue weighted by atomic mass is 9.87. The fraction of sp³-hybridized carbons (Fsp3) is 0.562. The minimum absolute atomic E-state index is 0. The third-order valence-electron chi connectivity index (χ3n) is 4.10. The van der Waals surface area contributed by atoms with Gasteiger partial charge in [0.15, 0.2) is 0 Å². The molecule has 1 amide bonds. The number of carbonyl (C=O) groups excluding carboxylic acids is 1. The number of halogens is 2. The number of rotatable bonds is 4. The topological polar surface area (TPSA) is 92.5 Å². The molecule has 1 saturated heterocycles. The van der Waals surface area contributed by atoms with Gasteiger partial charge >= 0.3 is 0 Å². The lowest BCUT2D eigenvalue weighted by Crippen LogP contribution is -2.45. The zero-order chi connectivity index (χ0) is 18.1. The number of nitrogens with zero attached hydrogens (tertiary/aromatic N) is 1. The SMILES string of the molecule is CC(C)(C)[C@H](N)C(=O)Nc1ccc(Cl)c(S(=O)(=O)N2CCCC2)c1.Cl. The molecule has 142 valence electrons. The second-order valence-electron chi connectivity index (χ2n) is 7.09. The summed E-state index contributed by atoms with van der Waals surface area (Å²) < 4.78 is 26.8. The summed E-state index contributed by atoms with van der Waals surface area (Å²) in [7, 11) is -3.66. The Morgan fingerprint density at radius 3 is 2.36 bits per heavy atom. The zero-order valence-electron chi connectivity index (χ0n) is 14.6. The van der Waals surface area contributed by atoms with Crippen LogP contribution in [0.5, 0.6) is 0 Å². The van der Waals surface area contributed by atoms with Gasteiger partial charge in [0.05, 0.1) is 11.1 Å². The zero-order valence-corrected chi connectivity index (χ0v) is 17.0. The molecular weight excluding hydrogens is 385 g/mol. The number of amides is 1. The molecule has 0 unspecified atom stereocenters. The Balaban J connectivity index is 0.00000312. The molecule has 1 heterocycles. The molecule has 3 N–H and O–H groups in total. The number of sulfonamides is 1. The maximum atomic E-state index is 12.7. The summed E-state index contributed by atoms with van der Waals surface area (Å²) in [6.07, 6.45) is 1.68. The van der Waals surface area contributed by atoms with E-state index in [0.717, 1.165) is 12.8 Å². The van der Waals surface area contributed by atoms with E-state index in [1.807, 2.05) is 20.8 Å². The summed E-state index contributed by atoms with van der Waals surface area (Å²) in [5, 5.41) is 2.81. The van der Waals surface area contributed by atoms with Crippen LogP contribution in [0.25, 0.3) is 0 Å². The first-order valence-corrected chi connectivity index (χ1v) is 9.71. The standard InChI is InChI=1S/C16H24ClN3O3S.ClH/c1-16(2,3)14(18)15(21)19-11-6-7-12(17)13(10-11)24(22,23)20-8-4-5-9-20;/h6-7,10,14H,4-5,8-9,18H2,1-3H3,(H,19,21);1H/t14-;/m1./s1. The van der Waals surface area contributed by atoms with Crippen molar-refractivity contribution in [1.29, 1.82) is 0 Å². The van der Waals surface area contributed by atoms with E-state index in [4.69, 9.17) is 17.3 Å². The van der Waals surface area contributed by atoms with Crippen LogP contribution in [0.2, 0.25) is 5.02 Å². The highest BCUT2D eigenvalue weighted by Gasteiger charge is 2.30. The molecule has 0 aliphatic carbocycles. The van der Waals surface area contributed by atoms with Gasteiger partial charge in [0, 0.05) is 18.8 Å². The first-order valence-electron chi connectivity index (χ1n) is 7.89. The molecule has 1 aromatic rings. The summed E-state index contributed by atoms with van der Waals surface area (Å²) >= 11 is 6.09. The number of anilines is 1. The smallest absolute Gasteiger partial charge is 0.244 e. The van der Waals surface area contributed by atoms with Gasteiger partial charge in [-0.05, 0) is 36.5 Å². The lowest BCUT2D eigenvalue weighted by Gasteiger charge is -2.26. The highest BCUT2D eigenvalue weighted by atomic mass is 35.5. The summed E-state index contributed by atoms with van der Waals surface area (Å²) in [5.74, 6) is -0.366. The van der Waals surface area contributed by atoms with Crippen molar-refractivity contribution in [2.45, 2.75) is 44.6 Å². The largest absolute Gasteiger partial charge is 0.325 e. The van der Waals surface area contributed by atoms with Crippen LogP contribution in [0.15, 0.2) is 23.1 Å². The van der Waals surface area contributed by atoms with Gasteiger partial charge < -0.3 is 11.1 Å². The van der Waals surface area contributed by atoms with E-state index in [1.54, 1.807) is 6.07 Å². The Morgan fingerprint density at radius 1 is 1.28 bits per heavy atom. The first-order chi connectivity index (χ1) is 11.0. The van der Waals surface area contributed by atoms with Crippen LogP contribution in [-0.4, -0.2) is 37.8 Å². The molecule has 0 saturated carbocycles. The number of hydrogen-bond acceptors (Lipinski definition) is 4. The molecule has 9 heteroatoms. The fourth-order valence-corrected chi connectivity index (χ4v) is 4.48. The molecule has 6 nitrogen and oxygen atoms in total. The van der Waals surface area contributed by atoms with E-state index < -0.39 is 21.5 Å². The molecule has 1 aliphatic rings. The van der Waals surface area contributed by atoms with Crippen molar-refractivity contribution >= 4 is 45.6 Å². The highest BCUT2D eigenvalue weighted by molar-refractivity contribution is 7.89. The minimum Gasteiger partial charge on any atom is -0.325 e. The predicted molar refractivity (Wildman–Crippen MR) is 103 cm³/mol. The van der Waals surface area contributed by atoms with E-state index in [1.165, 1.54) is 16.4 Å². The minimum atomic E-state index is -3.66. The van der Waals surface area contributed by atoms with Gasteiger partial charge in [-0.25, -0.2) is 8.42 Å². The third-order valence-corrected chi connectivity index (χ3v) is 6.48. The van der Waals surface area contributed by atoms with Gasteiger partial charge in [0.2, 0.25) is 15.9 Å². The van der Waals surface area contributed by atoms with Crippen molar-refractivity contribution < 1.29 is 13.2 Å². The van der Waals surface area contributed by atoms with Crippen molar-refractivity contribution in [3.8, 4) is 0 Å². The summed E-state index contributed by atoms with van der Waals surface area (Å²) in [6, 6.07) is 3.72. The van der Waals surface area contributed by atoms with E-state index in [0.29, 0.717) is 18.8 Å². The van der Waals surface area contributed by atoms with Crippen molar-refractivity contribution in [2.75, 3.05) is 18.4 Å². The average molecular weight is 410 g/mol. The Morgan fingerprint density at radius 2 is 1.84 bits per heavy atom. The summed E-state index contributed by atoms with van der Waals surface area (Å²) in [4.78, 5) is 12.2. The molecule has 0 radical (unpaired) electrons. The molecule has 0 bridgehead atoms. The molecule has 1 aromatic carbocycles. The van der Waals surface area contributed by atoms with Crippen LogP contribution >= 0.6 is 24.0 Å². The Hall–Kier alpha value is -0.860. The Kier molecular flexibility index (Phi) is 7.30. The maximum Gasteiger partial charge on any atom is 0.244 e. The predicted octanol–water partition coefficient (Wildman–Crippen LogP) is 2.86. The highest BCUT2D eigenvalue weighted by Crippen LogP contribution is 2.30. The number of nitrogens with one attached hydrogen (secondary N) is 1. The molecular formula is C16H25Cl2N3O3S. The van der Waals surface area contributed by atoms with Crippen LogP contribution in [0.1, 0.15) is 33.6 Å². The van der Waals surface area contributed by atoms with Crippen LogP contribution in [0.4, 0.5) is 5.69 Å². The van der Waals surface area contributed by atoms with Crippen molar-refractivity contribution in [3.05, 3.63) is 23.2 Å². The van der Waals surface area contributed by atoms with Gasteiger partial charge in [-0.15, -0.1) is 12.4 Å². The van der Waals surface area contributed by atoms with Crippen LogP contribution < -0.4 is 11.1 Å². The second kappa shape index (κ2) is 8.22. The molecule has 1 fully saturated rings. The van der Waals surface area contributed by atoms with Gasteiger partial charge in [0.1, 0.15) is 4.90 Å². The van der Waals surface area contributed by atoms with Crippen LogP contribution in [0, 0.1) is 5.41 Å². The summed E-state index contributed by atoms with van der Waals surface area (Å²) in [5.41, 5.74) is 5.89. The molecule has 1 aliphatic heterocycles. The normalized spacial score (nSPS) is 17.0. The lowest BCUT2D eigenvalue weighted by molar-refractivity contribution is -0.119. The third kappa shape index (κ3) is 5.08. The fourth-order valence-electron chi connectivity index (χ4n) is 2.46. The van der Waals surface area contributed by atoms with Crippen molar-refractivity contribution in [2.24, 2.45) is 11.1 Å². The van der Waals surface area contributed by atoms with Gasteiger partial charge in [0.25, 0.3) is 0 Å². The Bertz CT molecular complexity index is 727. The molecule has 0 aromatic heterocycles. The monoisotopic (exact) mass is 409 g/mol. The first kappa shape index (κ1) is 22.2. The number of benzene rings is 1. The van der Waals surface area contributed by atoms with E-state index in [9.17, 15) is 13.2 Å². The van der Waals surface area contributed by atoms with E-state index in [-0.39, 0.29) is 28.2 Å². The number of carbonyl (C=O) groups is 1. The van der Waals surface area contributed by atoms with Crippen molar-refractivity contribution in [3.63, 3.8) is 0 Å².